The first-order valence-corrected chi connectivity index (χ1v) is 8.54. The molecule has 0 aliphatic carbocycles. The van der Waals surface area contributed by atoms with E-state index < -0.39 is 0 Å². The van der Waals surface area contributed by atoms with Crippen LogP contribution in [0.3, 0.4) is 0 Å². The van der Waals surface area contributed by atoms with Crippen LogP contribution < -0.4 is 5.73 Å². The number of unbranched alkanes of at least 4 members (excludes halogenated alkanes) is 8. The van der Waals surface area contributed by atoms with Crippen LogP contribution in [-0.4, -0.2) is 29.5 Å². The number of nitrogens with zero attached hydrogens (tertiary/aromatic N) is 1. The Morgan fingerprint density at radius 2 is 1.41 bits per heavy atom. The molecule has 0 heterocycles. The van der Waals surface area contributed by atoms with Crippen LogP contribution in [-0.2, 0) is 14.4 Å². The van der Waals surface area contributed by atoms with Crippen LogP contribution in [0, 0.1) is 0 Å². The summed E-state index contributed by atoms with van der Waals surface area (Å²) in [4.78, 5) is 27.0. The van der Waals surface area contributed by atoms with Gasteiger partial charge in [-0.2, -0.15) is 0 Å². The smallest absolute Gasteiger partial charge is 0.233 e. The number of hydrogen-bond donors (Lipinski definition) is 1. The van der Waals surface area contributed by atoms with Crippen LogP contribution >= 0.6 is 0 Å². The second-order valence-electron chi connectivity index (χ2n) is 6.85. The van der Waals surface area contributed by atoms with E-state index in [1.54, 1.807) is 0 Å². The molecule has 2 N–H and O–H groups in total. The summed E-state index contributed by atoms with van der Waals surface area (Å²) in [6, 6.07) is 0. The van der Waals surface area contributed by atoms with Gasteiger partial charge in [0, 0.05) is 13.0 Å². The first-order chi connectivity index (χ1) is 10.3. The summed E-state index contributed by atoms with van der Waals surface area (Å²) in [7, 11) is 0. The first-order valence-electron chi connectivity index (χ1n) is 8.54. The van der Waals surface area contributed by atoms with E-state index in [0.29, 0.717) is 13.0 Å². The van der Waals surface area contributed by atoms with Crippen molar-refractivity contribution in [1.82, 2.24) is 5.06 Å². The van der Waals surface area contributed by atoms with Crippen LogP contribution in [0.25, 0.3) is 0 Å². The maximum atomic E-state index is 10.9. The zero-order valence-corrected chi connectivity index (χ0v) is 14.6. The van der Waals surface area contributed by atoms with Crippen LogP contribution in [0.1, 0.15) is 85.0 Å². The number of primary amides is 1. The summed E-state index contributed by atoms with van der Waals surface area (Å²) in [5.74, 6) is -0.195. The van der Waals surface area contributed by atoms with Gasteiger partial charge in [0.2, 0.25) is 12.3 Å². The third-order valence-corrected chi connectivity index (χ3v) is 3.31. The van der Waals surface area contributed by atoms with Crippen molar-refractivity contribution in [3.8, 4) is 0 Å². The van der Waals surface area contributed by atoms with Crippen LogP contribution in [0.2, 0.25) is 0 Å². The molecule has 130 valence electrons. The van der Waals surface area contributed by atoms with Crippen molar-refractivity contribution >= 4 is 12.3 Å². The van der Waals surface area contributed by atoms with E-state index in [4.69, 9.17) is 10.6 Å². The molecule has 0 aromatic rings. The van der Waals surface area contributed by atoms with Gasteiger partial charge in [0.05, 0.1) is 5.60 Å². The molecule has 0 bridgehead atoms. The Morgan fingerprint density at radius 3 is 1.82 bits per heavy atom. The van der Waals surface area contributed by atoms with E-state index in [1.165, 1.54) is 37.2 Å². The van der Waals surface area contributed by atoms with Gasteiger partial charge in [0.1, 0.15) is 0 Å². The quantitative estimate of drug-likeness (QED) is 0.303. The molecular weight excluding hydrogens is 280 g/mol. The largest absolute Gasteiger partial charge is 0.370 e. The summed E-state index contributed by atoms with van der Waals surface area (Å²) >= 11 is 0. The minimum absolute atomic E-state index is 0.195. The number of nitrogens with two attached hydrogens (primary N) is 1. The van der Waals surface area contributed by atoms with Gasteiger partial charge in [-0.1, -0.05) is 44.9 Å². The number of carbonyl (C=O) groups excluding carboxylic acids is 2. The second kappa shape index (κ2) is 12.4. The highest BCUT2D eigenvalue weighted by Crippen LogP contribution is 2.12. The molecule has 0 aliphatic heterocycles. The van der Waals surface area contributed by atoms with Crippen LogP contribution in [0.15, 0.2) is 0 Å². The van der Waals surface area contributed by atoms with Gasteiger partial charge in [-0.15, -0.1) is 0 Å². The standard InChI is InChI=1S/C17H34N2O3/c1-17(2,3)22-19(15-20)14-12-10-8-6-4-5-7-9-11-13-16(18)21/h15H,4-14H2,1-3H3,(H2,18,21). The monoisotopic (exact) mass is 314 g/mol. The zero-order valence-electron chi connectivity index (χ0n) is 14.6. The number of amides is 2. The Morgan fingerprint density at radius 1 is 0.955 bits per heavy atom. The summed E-state index contributed by atoms with van der Waals surface area (Å²) < 4.78 is 0. The number of hydroxylamine groups is 2. The topological polar surface area (TPSA) is 72.6 Å². The molecule has 0 saturated heterocycles. The fourth-order valence-electron chi connectivity index (χ4n) is 2.28. The van der Waals surface area contributed by atoms with Gasteiger partial charge < -0.3 is 5.73 Å². The molecule has 0 spiro atoms. The Labute approximate surface area is 135 Å². The molecule has 0 radical (unpaired) electrons. The Bertz CT molecular complexity index is 301. The predicted molar refractivity (Wildman–Crippen MR) is 89.0 cm³/mol. The lowest BCUT2D eigenvalue weighted by molar-refractivity contribution is -0.216. The Hall–Kier alpha value is -1.10. The number of rotatable bonds is 14. The summed E-state index contributed by atoms with van der Waals surface area (Å²) in [6.07, 6.45) is 11.5. The fourth-order valence-corrected chi connectivity index (χ4v) is 2.28. The maximum absolute atomic E-state index is 10.9. The average molecular weight is 314 g/mol. The van der Waals surface area contributed by atoms with Gasteiger partial charge in [-0.05, 0) is 33.6 Å². The molecule has 22 heavy (non-hydrogen) atoms. The molecule has 5 nitrogen and oxygen atoms in total. The molecule has 0 fully saturated rings. The number of hydrogen-bond acceptors (Lipinski definition) is 3. The van der Waals surface area contributed by atoms with E-state index in [0.717, 1.165) is 32.1 Å². The minimum Gasteiger partial charge on any atom is -0.370 e. The first kappa shape index (κ1) is 20.9. The lowest BCUT2D eigenvalue weighted by Crippen LogP contribution is -2.33. The van der Waals surface area contributed by atoms with E-state index in [1.807, 2.05) is 20.8 Å². The van der Waals surface area contributed by atoms with E-state index in [9.17, 15) is 9.59 Å². The molecule has 2 amide bonds. The SMILES string of the molecule is CC(C)(C)ON(C=O)CCCCCCCCCCCC(N)=O. The Balaban J connectivity index is 3.35. The summed E-state index contributed by atoms with van der Waals surface area (Å²) in [5.41, 5.74) is 4.77. The van der Waals surface area contributed by atoms with Gasteiger partial charge in [0.25, 0.3) is 0 Å². The second-order valence-corrected chi connectivity index (χ2v) is 6.85. The molecule has 0 rings (SSSR count). The van der Waals surface area contributed by atoms with Crippen molar-refractivity contribution in [2.45, 2.75) is 90.6 Å². The molecule has 0 atom stereocenters. The van der Waals surface area contributed by atoms with Gasteiger partial charge in [-0.3, -0.25) is 14.4 Å². The highest BCUT2D eigenvalue weighted by molar-refractivity contribution is 5.73. The molecule has 0 aliphatic rings. The Kier molecular flexibility index (Phi) is 11.8. The highest BCUT2D eigenvalue weighted by Gasteiger charge is 2.15. The summed E-state index contributed by atoms with van der Waals surface area (Å²) in [6.45, 7) is 6.47. The summed E-state index contributed by atoms with van der Waals surface area (Å²) in [5, 5.41) is 1.40. The predicted octanol–water partition coefficient (Wildman–Crippen LogP) is 3.56. The number of carbonyl (C=O) groups is 2. The maximum Gasteiger partial charge on any atom is 0.233 e. The fraction of sp³-hybridized carbons (Fsp3) is 0.882. The van der Waals surface area contributed by atoms with Gasteiger partial charge >= 0.3 is 0 Å². The lowest BCUT2D eigenvalue weighted by atomic mass is 10.1. The van der Waals surface area contributed by atoms with Crippen molar-refractivity contribution < 1.29 is 14.4 Å². The molecule has 0 aromatic heterocycles. The molecule has 0 aromatic carbocycles. The molecular formula is C17H34N2O3. The third-order valence-electron chi connectivity index (χ3n) is 3.31. The van der Waals surface area contributed by atoms with E-state index in [-0.39, 0.29) is 11.5 Å². The van der Waals surface area contributed by atoms with Crippen molar-refractivity contribution in [1.29, 1.82) is 0 Å². The third kappa shape index (κ3) is 15.3. The van der Waals surface area contributed by atoms with Gasteiger partial charge in [-0.25, -0.2) is 5.06 Å². The van der Waals surface area contributed by atoms with Gasteiger partial charge in [0.15, 0.2) is 0 Å². The average Bonchev–Trinajstić information content (AvgIpc) is 2.41. The minimum atomic E-state index is -0.324. The van der Waals surface area contributed by atoms with Crippen molar-refractivity contribution in [2.24, 2.45) is 5.73 Å². The van der Waals surface area contributed by atoms with Crippen molar-refractivity contribution in [2.75, 3.05) is 6.54 Å². The highest BCUT2D eigenvalue weighted by atomic mass is 16.7. The van der Waals surface area contributed by atoms with E-state index >= 15 is 0 Å². The van der Waals surface area contributed by atoms with Crippen molar-refractivity contribution in [3.05, 3.63) is 0 Å². The molecule has 0 unspecified atom stereocenters. The normalized spacial score (nSPS) is 11.4. The molecule has 0 saturated carbocycles. The van der Waals surface area contributed by atoms with Crippen LogP contribution in [0.4, 0.5) is 0 Å². The zero-order chi connectivity index (χ0) is 16.8. The molecule has 5 heteroatoms. The van der Waals surface area contributed by atoms with Crippen LogP contribution in [0.5, 0.6) is 0 Å². The van der Waals surface area contributed by atoms with E-state index in [2.05, 4.69) is 0 Å². The van der Waals surface area contributed by atoms with Crippen molar-refractivity contribution in [3.63, 3.8) is 0 Å². The lowest BCUT2D eigenvalue weighted by Gasteiger charge is -2.26.